The third-order valence-corrected chi connectivity index (χ3v) is 15.0. The van der Waals surface area contributed by atoms with Crippen molar-refractivity contribution in [2.24, 2.45) is 0 Å². The normalized spacial score (nSPS) is 19.7. The van der Waals surface area contributed by atoms with E-state index in [4.69, 9.17) is 4.74 Å². The fourth-order valence-electron chi connectivity index (χ4n) is 5.84. The number of unbranched alkanes of at least 4 members (excludes halogenated alkanes) is 12. The molecule has 0 bridgehead atoms. The summed E-state index contributed by atoms with van der Waals surface area (Å²) in [6, 6.07) is 24.5. The molecular weight excluding hydrogens is 1370 g/mol. The second kappa shape index (κ2) is 24.9. The van der Waals surface area contributed by atoms with Crippen molar-refractivity contribution in [1.29, 1.82) is 0 Å². The van der Waals surface area contributed by atoms with E-state index in [1.807, 2.05) is 0 Å². The maximum atomic E-state index is 14.4. The van der Waals surface area contributed by atoms with Crippen LogP contribution < -0.4 is 47.1 Å². The molecule has 0 saturated carbocycles. The predicted octanol–water partition coefficient (Wildman–Crippen LogP) is 11.5. The Labute approximate surface area is 400 Å². The first-order valence-corrected chi connectivity index (χ1v) is 36.8. The van der Waals surface area contributed by atoms with Gasteiger partial charge in [0.05, 0.1) is 7.11 Å². The van der Waals surface area contributed by atoms with Crippen LogP contribution in [0.2, 0.25) is 0 Å². The number of ether oxygens (including phenoxy) is 1. The van der Waals surface area contributed by atoms with Crippen molar-refractivity contribution in [3.63, 3.8) is 0 Å². The van der Waals surface area contributed by atoms with Crippen LogP contribution in [0.25, 0.3) is 0 Å². The van der Waals surface area contributed by atoms with E-state index in [-0.39, 0.29) is 36.9 Å². The summed E-state index contributed by atoms with van der Waals surface area (Å²) in [7, 11) is 1.39. The van der Waals surface area contributed by atoms with Gasteiger partial charge in [-0.2, -0.15) is 22.0 Å². The molecule has 0 amide bonds. The quantitative estimate of drug-likeness (QED) is 0.0258. The van der Waals surface area contributed by atoms with E-state index in [2.05, 4.69) is 62.4 Å². The van der Waals surface area contributed by atoms with Crippen LogP contribution in [-0.4, -0.2) is 67.8 Å². The van der Waals surface area contributed by atoms with Crippen molar-refractivity contribution in [3.8, 4) is 5.75 Å². The Hall–Kier alpha value is -0.964. The molecule has 0 spiro atoms. The zero-order valence-electron chi connectivity index (χ0n) is 36.3. The third kappa shape index (κ3) is 31.3. The Balaban J connectivity index is 0.000000530. The van der Waals surface area contributed by atoms with Crippen LogP contribution in [0.3, 0.4) is 0 Å². The number of allylic oxidation sites excluding steroid dienone is 2. The molecule has 1 nitrogen and oxygen atoms in total. The van der Waals surface area contributed by atoms with Crippen LogP contribution in [-0.2, 0) is 12.8 Å². The van der Waals surface area contributed by atoms with Crippen molar-refractivity contribution in [2.45, 2.75) is 138 Å². The van der Waals surface area contributed by atoms with Gasteiger partial charge in [-0.1, -0.05) is 115 Å². The molecular formula is C43H56F18I2OSb2. The molecule has 384 valence electrons. The van der Waals surface area contributed by atoms with E-state index >= 15 is 0 Å². The van der Waals surface area contributed by atoms with Crippen molar-refractivity contribution in [2.75, 3.05) is 7.11 Å². The second-order valence-electron chi connectivity index (χ2n) is 15.3. The van der Waals surface area contributed by atoms with Gasteiger partial charge in [-0.05, 0) is 91.4 Å². The molecule has 4 rings (SSSR count). The molecule has 0 heterocycles. The summed E-state index contributed by atoms with van der Waals surface area (Å²) >= 11 is -24.7. The molecule has 66 heavy (non-hydrogen) atoms. The summed E-state index contributed by atoms with van der Waals surface area (Å²) in [4.78, 5) is 0. The van der Waals surface area contributed by atoms with Crippen molar-refractivity contribution in [3.05, 3.63) is 107 Å². The molecule has 0 aromatic heterocycles. The van der Waals surface area contributed by atoms with Gasteiger partial charge in [0.15, 0.2) is 16.9 Å². The summed E-state index contributed by atoms with van der Waals surface area (Å²) in [6.45, 7) is 4.58. The second-order valence-corrected chi connectivity index (χ2v) is 32.7. The van der Waals surface area contributed by atoms with Crippen molar-refractivity contribution in [1.82, 2.24) is 0 Å². The van der Waals surface area contributed by atoms with Crippen LogP contribution in [0.1, 0.15) is 115 Å². The van der Waals surface area contributed by atoms with Crippen LogP contribution in [0.4, 0.5) is 60.1 Å². The summed E-state index contributed by atoms with van der Waals surface area (Å²) in [5.41, 5.74) is 3.04. The van der Waals surface area contributed by atoms with Crippen molar-refractivity contribution < 1.29 is 107 Å². The topological polar surface area (TPSA) is 9.23 Å². The van der Waals surface area contributed by atoms with E-state index in [0.29, 0.717) is 5.75 Å². The predicted molar refractivity (Wildman–Crippen MR) is 218 cm³/mol. The number of alkyl halides is 7. The Kier molecular flexibility index (Phi) is 23.8. The van der Waals surface area contributed by atoms with Gasteiger partial charge in [-0.15, -0.1) is 0 Å². The van der Waals surface area contributed by atoms with Gasteiger partial charge in [-0.25, -0.2) is 4.39 Å². The Morgan fingerprint density at radius 1 is 0.485 bits per heavy atom. The van der Waals surface area contributed by atoms with Gasteiger partial charge in [0.2, 0.25) is 0 Å². The number of halogens is 20. The summed E-state index contributed by atoms with van der Waals surface area (Å²) < 4.78 is 205. The summed E-state index contributed by atoms with van der Waals surface area (Å²) in [6.07, 6.45) is 19.2. The molecule has 0 radical (unpaired) electrons. The van der Waals surface area contributed by atoms with Crippen LogP contribution in [0.15, 0.2) is 84.9 Å². The molecule has 0 aliphatic heterocycles. The zero-order chi connectivity index (χ0) is 50.7. The SMILES string of the molecule is CCCCCCCCCc1ccc([I+]c2ccc(CCCCCCCCC)cc2)cc1.COc1ccc([I+]C2(F)C=CC(F)C(F)(F)C2(F)F)cc1.[F][Sb-]([F])([F])([F])([F])[F].[F][Sb-]([F])([F])([F])([F])[F]. The van der Waals surface area contributed by atoms with E-state index in [9.17, 15) is 60.1 Å². The molecule has 0 saturated heterocycles. The van der Waals surface area contributed by atoms with Gasteiger partial charge in [-0.3, -0.25) is 0 Å². The molecule has 2 atom stereocenters. The molecule has 0 fully saturated rings. The van der Waals surface area contributed by atoms with E-state index in [0.717, 1.165) is 0 Å². The number of benzene rings is 3. The van der Waals surface area contributed by atoms with E-state index < -0.39 is 81.8 Å². The summed E-state index contributed by atoms with van der Waals surface area (Å²) in [5.74, 6) is -9.74. The van der Waals surface area contributed by atoms with Gasteiger partial charge in [0.25, 0.3) is 0 Å². The van der Waals surface area contributed by atoms with E-state index in [1.54, 1.807) is 7.14 Å². The van der Waals surface area contributed by atoms with E-state index in [1.165, 1.54) is 145 Å². The number of hydrogen-bond acceptors (Lipinski definition) is 1. The monoisotopic (exact) mass is 1430 g/mol. The van der Waals surface area contributed by atoms with Crippen LogP contribution >= 0.6 is 0 Å². The number of rotatable bonds is 21. The molecule has 2 unspecified atom stereocenters. The first kappa shape index (κ1) is 63.1. The Morgan fingerprint density at radius 3 is 1.14 bits per heavy atom. The van der Waals surface area contributed by atoms with Crippen LogP contribution in [0, 0.1) is 10.7 Å². The third-order valence-electron chi connectivity index (χ3n) is 9.14. The molecule has 0 N–H and O–H groups in total. The molecule has 1 aliphatic rings. The average molecular weight is 1430 g/mol. The number of hydrogen-bond donors (Lipinski definition) is 0. The first-order valence-electron chi connectivity index (χ1n) is 20.9. The van der Waals surface area contributed by atoms with Gasteiger partial charge in [0, 0.05) is 6.08 Å². The minimum absolute atomic E-state index is 0.0486. The molecule has 1 aliphatic carbocycles. The average Bonchev–Trinajstić information content (AvgIpc) is 3.18. The minimum atomic E-state index is -11.2. The Morgan fingerprint density at radius 2 is 0.803 bits per heavy atom. The Bertz CT molecular complexity index is 1770. The molecule has 3 aromatic rings. The fraction of sp³-hybridized carbons (Fsp3) is 0.535. The van der Waals surface area contributed by atoms with Crippen molar-refractivity contribution >= 4 is 39.0 Å². The summed E-state index contributed by atoms with van der Waals surface area (Å²) in [5, 5.41) is 0. The van der Waals surface area contributed by atoms with Gasteiger partial charge < -0.3 is 4.74 Å². The van der Waals surface area contributed by atoms with Gasteiger partial charge in [0.1, 0.15) is 5.75 Å². The van der Waals surface area contributed by atoms with Crippen LogP contribution in [0.5, 0.6) is 5.75 Å². The fourth-order valence-corrected chi connectivity index (χ4v) is 10.7. The molecule has 3 aromatic carbocycles. The van der Waals surface area contributed by atoms with Gasteiger partial charge >= 0.3 is 131 Å². The number of methoxy groups -OCH3 is 1. The standard InChI is InChI=1S/C30H46I.C13H10F6IO.12FH.2Sb/c1-3-5-7-9-11-13-15-17-27-19-23-29(24-20-27)31-30-25-21-28(22-26-30)18-16-14-12-10-8-6-4-2;1-21-9-4-2-8(3-5-9)20-11(15)7-6-10(14)12(16,17)13(11,18)19;;;;;;;;;;;;;;/h19-26H,3-18H2,1-2H3;2-7,10H,1H3;12*1H;;/q2*+1;;;;;;;;;;;;;2*+5/p-12. The first-order chi connectivity index (χ1) is 29.9. The number of aryl methyl sites for hydroxylation is 2. The molecule has 23 heteroatoms. The zero-order valence-corrected chi connectivity index (χ0v) is 45.8. The maximum absolute atomic E-state index is 14.4.